The summed E-state index contributed by atoms with van der Waals surface area (Å²) in [4.78, 5) is 1.29. The summed E-state index contributed by atoms with van der Waals surface area (Å²) in [5, 5.41) is 13.8. The number of rotatable bonds is 5. The van der Waals surface area contributed by atoms with Crippen LogP contribution in [-0.2, 0) is 6.42 Å². The lowest BCUT2D eigenvalue weighted by atomic mass is 10.1. The van der Waals surface area contributed by atoms with Gasteiger partial charge in [-0.15, -0.1) is 21.5 Å². The molecule has 0 amide bonds. The Morgan fingerprint density at radius 2 is 2.00 bits per heavy atom. The van der Waals surface area contributed by atoms with Gasteiger partial charge in [-0.25, -0.2) is 0 Å². The van der Waals surface area contributed by atoms with E-state index in [4.69, 9.17) is 0 Å². The highest BCUT2D eigenvalue weighted by molar-refractivity contribution is 9.11. The zero-order chi connectivity index (χ0) is 13.1. The molecule has 2 heterocycles. The van der Waals surface area contributed by atoms with Gasteiger partial charge in [-0.2, -0.15) is 0 Å². The van der Waals surface area contributed by atoms with E-state index in [0.717, 1.165) is 20.3 Å². The fourth-order valence-electron chi connectivity index (χ4n) is 1.56. The molecule has 1 unspecified atom stereocenters. The minimum absolute atomic E-state index is 0.265. The van der Waals surface area contributed by atoms with Crippen molar-refractivity contribution in [2.75, 3.05) is 5.32 Å². The maximum Gasteiger partial charge on any atom is 0.206 e. The van der Waals surface area contributed by atoms with Crippen LogP contribution in [0.2, 0.25) is 0 Å². The van der Waals surface area contributed by atoms with E-state index in [0.29, 0.717) is 5.92 Å². The van der Waals surface area contributed by atoms with E-state index in [2.05, 4.69) is 64.3 Å². The Balaban J connectivity index is 1.98. The first-order chi connectivity index (χ1) is 8.54. The molecule has 0 fully saturated rings. The van der Waals surface area contributed by atoms with Crippen molar-refractivity contribution in [1.29, 1.82) is 0 Å². The third-order valence-corrected chi connectivity index (χ3v) is 5.09. The van der Waals surface area contributed by atoms with Crippen LogP contribution in [-0.4, -0.2) is 10.2 Å². The normalized spacial score (nSPS) is 12.9. The number of thiophene rings is 1. The summed E-state index contributed by atoms with van der Waals surface area (Å²) in [6.07, 6.45) is 0.998. The first-order valence-electron chi connectivity index (χ1n) is 5.88. The van der Waals surface area contributed by atoms with Crippen molar-refractivity contribution in [3.8, 4) is 0 Å². The molecule has 2 aromatic rings. The average molecular weight is 346 g/mol. The monoisotopic (exact) mass is 345 g/mol. The van der Waals surface area contributed by atoms with Gasteiger partial charge in [0.05, 0.1) is 9.83 Å². The van der Waals surface area contributed by atoms with Gasteiger partial charge in [0.2, 0.25) is 5.13 Å². The van der Waals surface area contributed by atoms with Crippen LogP contribution in [0.15, 0.2) is 15.9 Å². The smallest absolute Gasteiger partial charge is 0.206 e. The summed E-state index contributed by atoms with van der Waals surface area (Å²) >= 11 is 6.88. The van der Waals surface area contributed by atoms with Crippen LogP contribution in [0.1, 0.15) is 36.7 Å². The Labute approximate surface area is 124 Å². The number of hydrogen-bond donors (Lipinski definition) is 1. The molecule has 2 aromatic heterocycles. The third-order valence-electron chi connectivity index (χ3n) is 2.41. The van der Waals surface area contributed by atoms with E-state index in [1.807, 2.05) is 0 Å². The van der Waals surface area contributed by atoms with Gasteiger partial charge in [0.1, 0.15) is 5.01 Å². The Kier molecular flexibility index (Phi) is 4.75. The summed E-state index contributed by atoms with van der Waals surface area (Å²) in [6, 6.07) is 4.46. The Bertz CT molecular complexity index is 507. The van der Waals surface area contributed by atoms with Crippen LogP contribution in [0.3, 0.4) is 0 Å². The van der Waals surface area contributed by atoms with Gasteiger partial charge in [-0.1, -0.05) is 25.2 Å². The highest BCUT2D eigenvalue weighted by Crippen LogP contribution is 2.30. The van der Waals surface area contributed by atoms with Gasteiger partial charge < -0.3 is 5.32 Å². The molecule has 1 N–H and O–H groups in total. The summed E-state index contributed by atoms with van der Waals surface area (Å²) in [6.45, 7) is 6.53. The third kappa shape index (κ3) is 3.76. The van der Waals surface area contributed by atoms with Gasteiger partial charge >= 0.3 is 0 Å². The highest BCUT2D eigenvalue weighted by atomic mass is 79.9. The Hall–Kier alpha value is -0.460. The second kappa shape index (κ2) is 6.12. The van der Waals surface area contributed by atoms with Crippen LogP contribution in [0.4, 0.5) is 5.13 Å². The summed E-state index contributed by atoms with van der Waals surface area (Å²) in [7, 11) is 0. The van der Waals surface area contributed by atoms with E-state index in [1.165, 1.54) is 4.88 Å². The first kappa shape index (κ1) is 14.0. The summed E-state index contributed by atoms with van der Waals surface area (Å²) in [5.41, 5.74) is 0. The van der Waals surface area contributed by atoms with E-state index < -0.39 is 0 Å². The van der Waals surface area contributed by atoms with Crippen molar-refractivity contribution in [2.45, 2.75) is 33.2 Å². The zero-order valence-corrected chi connectivity index (χ0v) is 13.8. The van der Waals surface area contributed by atoms with Crippen molar-refractivity contribution in [3.05, 3.63) is 25.8 Å². The molecule has 6 heteroatoms. The second-order valence-corrected chi connectivity index (χ2v) is 8.16. The molecule has 0 radical (unpaired) electrons. The van der Waals surface area contributed by atoms with Gasteiger partial charge in [0.25, 0.3) is 0 Å². The maximum absolute atomic E-state index is 4.21. The zero-order valence-electron chi connectivity index (χ0n) is 10.6. The minimum atomic E-state index is 0.265. The van der Waals surface area contributed by atoms with E-state index in [1.54, 1.807) is 22.7 Å². The molecular formula is C12H16BrN3S2. The number of anilines is 1. The van der Waals surface area contributed by atoms with Crippen LogP contribution >= 0.6 is 38.6 Å². The van der Waals surface area contributed by atoms with E-state index in [-0.39, 0.29) is 6.04 Å². The molecule has 98 valence electrons. The van der Waals surface area contributed by atoms with Crippen LogP contribution in [0.25, 0.3) is 0 Å². The van der Waals surface area contributed by atoms with Gasteiger partial charge in [-0.05, 0) is 40.9 Å². The predicted octanol–water partition coefficient (Wildman–Crippen LogP) is 4.73. The van der Waals surface area contributed by atoms with Crippen molar-refractivity contribution in [2.24, 2.45) is 5.92 Å². The Morgan fingerprint density at radius 3 is 2.61 bits per heavy atom. The topological polar surface area (TPSA) is 37.8 Å². The molecule has 0 saturated heterocycles. The number of aromatic nitrogens is 2. The first-order valence-corrected chi connectivity index (χ1v) is 8.31. The molecule has 18 heavy (non-hydrogen) atoms. The molecule has 0 aromatic carbocycles. The van der Waals surface area contributed by atoms with Crippen molar-refractivity contribution < 1.29 is 0 Å². The number of nitrogens with zero attached hydrogens (tertiary/aromatic N) is 2. The lowest BCUT2D eigenvalue weighted by Crippen LogP contribution is -2.04. The number of hydrogen-bond acceptors (Lipinski definition) is 5. The SMILES string of the molecule is CC(C)Cc1nnc(NC(C)c2ccc(Br)s2)s1. The number of nitrogens with one attached hydrogen (secondary N) is 1. The van der Waals surface area contributed by atoms with Crippen molar-refractivity contribution in [1.82, 2.24) is 10.2 Å². The molecule has 2 rings (SSSR count). The molecule has 1 atom stereocenters. The lowest BCUT2D eigenvalue weighted by molar-refractivity contribution is 0.640. The van der Waals surface area contributed by atoms with Crippen LogP contribution in [0.5, 0.6) is 0 Å². The summed E-state index contributed by atoms with van der Waals surface area (Å²) < 4.78 is 1.16. The maximum atomic E-state index is 4.21. The van der Waals surface area contributed by atoms with Crippen LogP contribution < -0.4 is 5.32 Å². The average Bonchev–Trinajstić information content (AvgIpc) is 2.87. The molecule has 3 nitrogen and oxygen atoms in total. The molecule has 0 spiro atoms. The van der Waals surface area contributed by atoms with Gasteiger partial charge in [0, 0.05) is 11.3 Å². The van der Waals surface area contributed by atoms with Crippen LogP contribution in [0, 0.1) is 5.92 Å². The quantitative estimate of drug-likeness (QED) is 0.850. The van der Waals surface area contributed by atoms with Crippen molar-refractivity contribution in [3.63, 3.8) is 0 Å². The molecule has 0 bridgehead atoms. The second-order valence-electron chi connectivity index (χ2n) is 4.61. The fourth-order valence-corrected chi connectivity index (χ4v) is 4.03. The fraction of sp³-hybridized carbons (Fsp3) is 0.500. The van der Waals surface area contributed by atoms with Crippen molar-refractivity contribution >= 4 is 43.7 Å². The molecule has 0 aliphatic heterocycles. The summed E-state index contributed by atoms with van der Waals surface area (Å²) in [5.74, 6) is 0.622. The predicted molar refractivity (Wildman–Crippen MR) is 82.5 cm³/mol. The van der Waals surface area contributed by atoms with Gasteiger partial charge in [0.15, 0.2) is 0 Å². The largest absolute Gasteiger partial charge is 0.353 e. The minimum Gasteiger partial charge on any atom is -0.353 e. The van der Waals surface area contributed by atoms with E-state index >= 15 is 0 Å². The standard InChI is InChI=1S/C12H16BrN3S2/c1-7(2)6-11-15-16-12(18-11)14-8(3)9-4-5-10(13)17-9/h4-5,7-8H,6H2,1-3H3,(H,14,16). The van der Waals surface area contributed by atoms with E-state index in [9.17, 15) is 0 Å². The molecular weight excluding hydrogens is 330 g/mol. The lowest BCUT2D eigenvalue weighted by Gasteiger charge is -2.09. The Morgan fingerprint density at radius 1 is 1.22 bits per heavy atom. The number of halogens is 1. The molecule has 0 saturated carbocycles. The van der Waals surface area contributed by atoms with Gasteiger partial charge in [-0.3, -0.25) is 0 Å². The molecule has 0 aliphatic rings. The highest BCUT2D eigenvalue weighted by Gasteiger charge is 2.11. The molecule has 0 aliphatic carbocycles.